The van der Waals surface area contributed by atoms with Crippen LogP contribution in [0.3, 0.4) is 0 Å². The predicted molar refractivity (Wildman–Crippen MR) is 56.5 cm³/mol. The molecule has 1 aromatic carbocycles. The lowest BCUT2D eigenvalue weighted by Crippen LogP contribution is -2.05. The summed E-state index contributed by atoms with van der Waals surface area (Å²) >= 11 is 0. The van der Waals surface area contributed by atoms with Gasteiger partial charge in [0.2, 0.25) is 0 Å². The van der Waals surface area contributed by atoms with Crippen molar-refractivity contribution in [2.24, 2.45) is 0 Å². The van der Waals surface area contributed by atoms with Crippen LogP contribution in [0.4, 0.5) is 0 Å². The van der Waals surface area contributed by atoms with E-state index in [0.717, 1.165) is 0 Å². The zero-order valence-corrected chi connectivity index (χ0v) is 9.22. The molecule has 15 heavy (non-hydrogen) atoms. The van der Waals surface area contributed by atoms with Crippen LogP contribution >= 0.6 is 7.60 Å². The summed E-state index contributed by atoms with van der Waals surface area (Å²) in [6.45, 7) is 1.32. The number of benzene rings is 1. The molecule has 0 heterocycles. The van der Waals surface area contributed by atoms with Gasteiger partial charge in [0.05, 0.1) is 5.66 Å². The average Bonchev–Trinajstić information content (AvgIpc) is 2.14. The predicted octanol–water partition coefficient (Wildman–Crippen LogP) is 1.88. The molecule has 0 radical (unpaired) electrons. The molecule has 0 aliphatic rings. The normalized spacial score (nSPS) is 13.5. The summed E-state index contributed by atoms with van der Waals surface area (Å²) in [5.74, 6) is -0.229. The minimum atomic E-state index is -4.27. The highest BCUT2D eigenvalue weighted by atomic mass is 31.2. The minimum absolute atomic E-state index is 0.131. The summed E-state index contributed by atoms with van der Waals surface area (Å²) in [6, 6.07) is 8.38. The van der Waals surface area contributed by atoms with E-state index in [2.05, 4.69) is 0 Å². The van der Waals surface area contributed by atoms with Crippen LogP contribution in [-0.2, 0) is 9.36 Å². The molecule has 5 heteroatoms. The fourth-order valence-corrected chi connectivity index (χ4v) is 2.43. The Morgan fingerprint density at radius 2 is 1.87 bits per heavy atom. The third-order valence-electron chi connectivity index (χ3n) is 2.07. The summed E-state index contributed by atoms with van der Waals surface area (Å²) in [5, 5.41) is 0. The van der Waals surface area contributed by atoms with Gasteiger partial charge in [-0.25, -0.2) is 0 Å². The highest BCUT2D eigenvalue weighted by Gasteiger charge is 2.31. The van der Waals surface area contributed by atoms with Crippen molar-refractivity contribution in [3.63, 3.8) is 0 Å². The number of ketones is 1. The molecule has 0 fully saturated rings. The summed E-state index contributed by atoms with van der Waals surface area (Å²) < 4.78 is 11.2. The maximum absolute atomic E-state index is 11.2. The molecule has 0 aromatic heterocycles. The van der Waals surface area contributed by atoms with E-state index in [9.17, 15) is 9.36 Å². The average molecular weight is 228 g/mol. The molecule has 1 aromatic rings. The van der Waals surface area contributed by atoms with E-state index in [4.69, 9.17) is 9.79 Å². The molecule has 0 aliphatic heterocycles. The van der Waals surface area contributed by atoms with Crippen LogP contribution in [-0.4, -0.2) is 15.6 Å². The van der Waals surface area contributed by atoms with Crippen LogP contribution in [0.25, 0.3) is 0 Å². The van der Waals surface area contributed by atoms with Crippen LogP contribution in [0.2, 0.25) is 0 Å². The number of carbonyl (C=O) groups excluding carboxylic acids is 1. The third kappa shape index (κ3) is 3.59. The third-order valence-corrected chi connectivity index (χ3v) is 3.36. The van der Waals surface area contributed by atoms with E-state index < -0.39 is 13.3 Å². The molecule has 4 nitrogen and oxygen atoms in total. The van der Waals surface area contributed by atoms with Gasteiger partial charge in [-0.2, -0.15) is 0 Å². The van der Waals surface area contributed by atoms with E-state index in [1.54, 1.807) is 30.3 Å². The Labute approximate surface area is 88.1 Å². The van der Waals surface area contributed by atoms with Gasteiger partial charge in [-0.1, -0.05) is 30.3 Å². The lowest BCUT2D eigenvalue weighted by atomic mass is 10.1. The Morgan fingerprint density at radius 3 is 2.27 bits per heavy atom. The van der Waals surface area contributed by atoms with Gasteiger partial charge in [-0.05, 0) is 12.5 Å². The Balaban J connectivity index is 3.02. The molecule has 0 aliphatic carbocycles. The first-order valence-electron chi connectivity index (χ1n) is 4.51. The monoisotopic (exact) mass is 228 g/mol. The van der Waals surface area contributed by atoms with E-state index in [0.29, 0.717) is 5.56 Å². The first-order chi connectivity index (χ1) is 6.91. The molecule has 0 saturated carbocycles. The largest absolute Gasteiger partial charge is 0.333 e. The number of carbonyl (C=O) groups is 1. The maximum Gasteiger partial charge on any atom is 0.333 e. The molecule has 1 unspecified atom stereocenters. The van der Waals surface area contributed by atoms with Crippen molar-refractivity contribution in [1.82, 2.24) is 0 Å². The Hall–Kier alpha value is -0.960. The van der Waals surface area contributed by atoms with Crippen molar-refractivity contribution >= 4 is 13.4 Å². The van der Waals surface area contributed by atoms with E-state index >= 15 is 0 Å². The summed E-state index contributed by atoms with van der Waals surface area (Å²) in [4.78, 5) is 29.2. The number of hydrogen-bond acceptors (Lipinski definition) is 2. The SMILES string of the molecule is CC(=O)CC(c1ccccc1)P(=O)(O)O. The van der Waals surface area contributed by atoms with E-state index in [1.165, 1.54) is 6.92 Å². The van der Waals surface area contributed by atoms with Gasteiger partial charge in [0, 0.05) is 6.42 Å². The van der Waals surface area contributed by atoms with Gasteiger partial charge in [0.25, 0.3) is 0 Å². The maximum atomic E-state index is 11.2. The highest BCUT2D eigenvalue weighted by Crippen LogP contribution is 2.53. The molecular formula is C10H13O4P. The second kappa shape index (κ2) is 4.71. The van der Waals surface area contributed by atoms with Gasteiger partial charge >= 0.3 is 7.60 Å². The van der Waals surface area contributed by atoms with Gasteiger partial charge in [0.1, 0.15) is 5.78 Å². The molecule has 1 atom stereocenters. The summed E-state index contributed by atoms with van der Waals surface area (Å²) in [7, 11) is -4.27. The number of Topliss-reactive ketones (excluding diaryl/α,β-unsaturated/α-hetero) is 1. The van der Waals surface area contributed by atoms with Crippen LogP contribution in [0.15, 0.2) is 30.3 Å². The molecule has 82 valence electrons. The molecule has 0 amide bonds. The van der Waals surface area contributed by atoms with Crippen molar-refractivity contribution in [2.45, 2.75) is 19.0 Å². The zero-order valence-electron chi connectivity index (χ0n) is 8.33. The smallest absolute Gasteiger partial charge is 0.324 e. The highest BCUT2D eigenvalue weighted by molar-refractivity contribution is 7.52. The minimum Gasteiger partial charge on any atom is -0.324 e. The van der Waals surface area contributed by atoms with E-state index in [1.807, 2.05) is 0 Å². The molecule has 1 rings (SSSR count). The Kier molecular flexibility index (Phi) is 3.80. The van der Waals surface area contributed by atoms with Crippen molar-refractivity contribution in [3.8, 4) is 0 Å². The van der Waals surface area contributed by atoms with Crippen molar-refractivity contribution in [2.75, 3.05) is 0 Å². The van der Waals surface area contributed by atoms with Crippen molar-refractivity contribution < 1.29 is 19.1 Å². The fraction of sp³-hybridized carbons (Fsp3) is 0.300. The first-order valence-corrected chi connectivity index (χ1v) is 6.19. The number of rotatable bonds is 4. The standard InChI is InChI=1S/C10H13O4P/c1-8(11)7-10(15(12,13)14)9-5-3-2-4-6-9/h2-6,10H,7H2,1H3,(H2,12,13,14). The first kappa shape index (κ1) is 12.1. The lowest BCUT2D eigenvalue weighted by molar-refractivity contribution is -0.117. The van der Waals surface area contributed by atoms with Crippen LogP contribution < -0.4 is 0 Å². The lowest BCUT2D eigenvalue weighted by Gasteiger charge is -2.17. The molecule has 0 bridgehead atoms. The van der Waals surface area contributed by atoms with Crippen molar-refractivity contribution in [3.05, 3.63) is 35.9 Å². The fourth-order valence-electron chi connectivity index (χ4n) is 1.38. The van der Waals surface area contributed by atoms with Crippen LogP contribution in [0.1, 0.15) is 24.6 Å². The second-order valence-corrected chi connectivity index (χ2v) is 5.22. The topological polar surface area (TPSA) is 74.6 Å². The van der Waals surface area contributed by atoms with Gasteiger partial charge < -0.3 is 9.79 Å². The molecule has 2 N–H and O–H groups in total. The van der Waals surface area contributed by atoms with E-state index in [-0.39, 0.29) is 12.2 Å². The molecular weight excluding hydrogens is 215 g/mol. The quantitative estimate of drug-likeness (QED) is 0.771. The van der Waals surface area contributed by atoms with Crippen LogP contribution in [0, 0.1) is 0 Å². The van der Waals surface area contributed by atoms with Gasteiger partial charge in [0.15, 0.2) is 0 Å². The second-order valence-electron chi connectivity index (χ2n) is 3.42. The molecule has 0 spiro atoms. The van der Waals surface area contributed by atoms with Gasteiger partial charge in [-0.3, -0.25) is 9.36 Å². The Morgan fingerprint density at radius 1 is 1.33 bits per heavy atom. The van der Waals surface area contributed by atoms with Crippen LogP contribution in [0.5, 0.6) is 0 Å². The summed E-state index contributed by atoms with van der Waals surface area (Å²) in [5.41, 5.74) is -0.516. The summed E-state index contributed by atoms with van der Waals surface area (Å²) in [6.07, 6.45) is -0.131. The van der Waals surface area contributed by atoms with Gasteiger partial charge in [-0.15, -0.1) is 0 Å². The van der Waals surface area contributed by atoms with Crippen molar-refractivity contribution in [1.29, 1.82) is 0 Å². The number of hydrogen-bond donors (Lipinski definition) is 2. The molecule has 0 saturated heterocycles. The Bertz CT molecular complexity index is 382. The zero-order chi connectivity index (χ0) is 11.5.